The molecule has 2 aromatic rings. The van der Waals surface area contributed by atoms with Gasteiger partial charge in [-0.1, -0.05) is 12.1 Å². The number of anilines is 2. The zero-order valence-corrected chi connectivity index (χ0v) is 18.4. The molecule has 0 radical (unpaired) electrons. The van der Waals surface area contributed by atoms with Crippen LogP contribution < -0.4 is 9.80 Å². The first-order valence-corrected chi connectivity index (χ1v) is 11.2. The molecule has 1 aromatic carbocycles. The lowest BCUT2D eigenvalue weighted by atomic mass is 10.1. The van der Waals surface area contributed by atoms with Gasteiger partial charge in [0.1, 0.15) is 17.5 Å². The quantitative estimate of drug-likeness (QED) is 0.643. The number of aromatic nitrogens is 2. The summed E-state index contributed by atoms with van der Waals surface area (Å²) in [7, 11) is 0. The zero-order valence-electron chi connectivity index (χ0n) is 18.4. The third-order valence-electron chi connectivity index (χ3n) is 6.36. The first-order chi connectivity index (χ1) is 15.6. The summed E-state index contributed by atoms with van der Waals surface area (Å²) in [5.74, 6) is 2.33. The third kappa shape index (κ3) is 4.05. The Balaban J connectivity index is 1.17. The van der Waals surface area contributed by atoms with E-state index in [9.17, 15) is 9.59 Å². The molecule has 0 spiro atoms. The van der Waals surface area contributed by atoms with Crippen molar-refractivity contribution in [3.05, 3.63) is 47.3 Å². The van der Waals surface area contributed by atoms with E-state index in [-0.39, 0.29) is 11.8 Å². The lowest BCUT2D eigenvalue weighted by Crippen LogP contribution is -2.49. The number of imide groups is 1. The Morgan fingerprint density at radius 1 is 0.812 bits per heavy atom. The molecular weight excluding hydrogens is 408 g/mol. The summed E-state index contributed by atoms with van der Waals surface area (Å²) >= 11 is 0. The fourth-order valence-corrected chi connectivity index (χ4v) is 4.54. The van der Waals surface area contributed by atoms with Crippen molar-refractivity contribution >= 4 is 23.5 Å². The Kier molecular flexibility index (Phi) is 5.75. The highest BCUT2D eigenvalue weighted by Gasteiger charge is 2.35. The van der Waals surface area contributed by atoms with Crippen molar-refractivity contribution in [3.8, 4) is 0 Å². The summed E-state index contributed by atoms with van der Waals surface area (Å²) in [4.78, 5) is 42.6. The Morgan fingerprint density at radius 3 is 1.97 bits per heavy atom. The van der Waals surface area contributed by atoms with Crippen LogP contribution in [0.4, 0.5) is 11.6 Å². The molecule has 9 nitrogen and oxygen atoms in total. The van der Waals surface area contributed by atoms with Crippen molar-refractivity contribution in [3.63, 3.8) is 0 Å². The number of benzene rings is 1. The molecule has 32 heavy (non-hydrogen) atoms. The standard InChI is InChI=1S/C23H28N6O3/c1-17-24-20(16-21(25-17)28-12-14-32-15-13-28)27-9-6-26(7-10-27)8-11-29-22(30)18-4-2-3-5-19(18)23(29)31/h2-5,16H,6-15H2,1H3. The summed E-state index contributed by atoms with van der Waals surface area (Å²) in [6, 6.07) is 9.12. The maximum atomic E-state index is 12.6. The zero-order chi connectivity index (χ0) is 22.1. The van der Waals surface area contributed by atoms with E-state index in [1.165, 1.54) is 4.90 Å². The summed E-state index contributed by atoms with van der Waals surface area (Å²) in [5.41, 5.74) is 1.02. The smallest absolute Gasteiger partial charge is 0.261 e. The summed E-state index contributed by atoms with van der Waals surface area (Å²) in [6.45, 7) is 9.60. The molecule has 0 atom stereocenters. The Bertz CT molecular complexity index is 980. The van der Waals surface area contributed by atoms with Gasteiger partial charge in [-0.25, -0.2) is 9.97 Å². The number of ether oxygens (including phenoxy) is 1. The highest BCUT2D eigenvalue weighted by molar-refractivity contribution is 6.21. The van der Waals surface area contributed by atoms with Gasteiger partial charge < -0.3 is 14.5 Å². The van der Waals surface area contributed by atoms with Crippen LogP contribution in [-0.2, 0) is 4.74 Å². The highest BCUT2D eigenvalue weighted by Crippen LogP contribution is 2.23. The highest BCUT2D eigenvalue weighted by atomic mass is 16.5. The number of aryl methyl sites for hydroxylation is 1. The maximum Gasteiger partial charge on any atom is 0.261 e. The van der Waals surface area contributed by atoms with Crippen LogP contribution in [0.25, 0.3) is 0 Å². The normalized spacial score (nSPS) is 19.6. The molecule has 2 amide bonds. The first kappa shape index (κ1) is 20.8. The van der Waals surface area contributed by atoms with Crippen LogP contribution in [0.3, 0.4) is 0 Å². The number of rotatable bonds is 5. The Morgan fingerprint density at radius 2 is 1.38 bits per heavy atom. The van der Waals surface area contributed by atoms with E-state index in [1.54, 1.807) is 24.3 Å². The summed E-state index contributed by atoms with van der Waals surface area (Å²) < 4.78 is 5.45. The van der Waals surface area contributed by atoms with E-state index < -0.39 is 0 Å². The largest absolute Gasteiger partial charge is 0.378 e. The van der Waals surface area contributed by atoms with Gasteiger partial charge in [0.25, 0.3) is 11.8 Å². The van der Waals surface area contributed by atoms with Crippen LogP contribution in [-0.4, -0.2) is 97.2 Å². The van der Waals surface area contributed by atoms with Gasteiger partial charge in [-0.3, -0.25) is 19.4 Å². The fourth-order valence-electron chi connectivity index (χ4n) is 4.54. The second-order valence-electron chi connectivity index (χ2n) is 8.37. The topological polar surface area (TPSA) is 82.1 Å². The molecule has 0 saturated carbocycles. The van der Waals surface area contributed by atoms with Gasteiger partial charge in [-0.2, -0.15) is 0 Å². The van der Waals surface area contributed by atoms with Crippen molar-refractivity contribution in [2.45, 2.75) is 6.92 Å². The molecule has 0 N–H and O–H groups in total. The molecule has 0 unspecified atom stereocenters. The van der Waals surface area contributed by atoms with Gasteiger partial charge in [0, 0.05) is 58.4 Å². The fraction of sp³-hybridized carbons (Fsp3) is 0.478. The van der Waals surface area contributed by atoms with Gasteiger partial charge in [0.2, 0.25) is 0 Å². The van der Waals surface area contributed by atoms with Gasteiger partial charge in [-0.15, -0.1) is 0 Å². The molecule has 0 bridgehead atoms. The van der Waals surface area contributed by atoms with Gasteiger partial charge in [-0.05, 0) is 19.1 Å². The predicted molar refractivity (Wildman–Crippen MR) is 120 cm³/mol. The summed E-state index contributed by atoms with van der Waals surface area (Å²) in [5, 5.41) is 0. The Labute approximate surface area is 187 Å². The van der Waals surface area contributed by atoms with Crippen LogP contribution in [0.1, 0.15) is 26.5 Å². The average molecular weight is 437 g/mol. The van der Waals surface area contributed by atoms with Crippen LogP contribution in [0.15, 0.2) is 30.3 Å². The van der Waals surface area contributed by atoms with Crippen molar-refractivity contribution in [1.82, 2.24) is 19.8 Å². The van der Waals surface area contributed by atoms with E-state index in [4.69, 9.17) is 4.74 Å². The molecule has 2 fully saturated rings. The molecule has 3 aliphatic heterocycles. The van der Waals surface area contributed by atoms with Crippen molar-refractivity contribution in [2.24, 2.45) is 0 Å². The van der Waals surface area contributed by atoms with Gasteiger partial charge >= 0.3 is 0 Å². The second kappa shape index (κ2) is 8.84. The molecule has 2 saturated heterocycles. The third-order valence-corrected chi connectivity index (χ3v) is 6.36. The number of hydrogen-bond acceptors (Lipinski definition) is 8. The van der Waals surface area contributed by atoms with Crippen LogP contribution in [0.2, 0.25) is 0 Å². The SMILES string of the molecule is Cc1nc(N2CCOCC2)cc(N2CCN(CCN3C(=O)c4ccccc4C3=O)CC2)n1. The van der Waals surface area contributed by atoms with Gasteiger partial charge in [0.15, 0.2) is 0 Å². The van der Waals surface area contributed by atoms with Crippen molar-refractivity contribution in [2.75, 3.05) is 75.4 Å². The molecule has 5 rings (SSSR count). The maximum absolute atomic E-state index is 12.6. The average Bonchev–Trinajstić information content (AvgIpc) is 3.08. The van der Waals surface area contributed by atoms with E-state index in [1.807, 2.05) is 6.92 Å². The molecule has 168 valence electrons. The minimum atomic E-state index is -0.184. The monoisotopic (exact) mass is 436 g/mol. The lowest BCUT2D eigenvalue weighted by molar-refractivity contribution is 0.0635. The molecule has 1 aromatic heterocycles. The van der Waals surface area contributed by atoms with Crippen molar-refractivity contribution < 1.29 is 14.3 Å². The van der Waals surface area contributed by atoms with Crippen LogP contribution in [0, 0.1) is 6.92 Å². The molecule has 9 heteroatoms. The van der Waals surface area contributed by atoms with Crippen molar-refractivity contribution in [1.29, 1.82) is 0 Å². The van der Waals surface area contributed by atoms with E-state index in [2.05, 4.69) is 30.7 Å². The number of carbonyl (C=O) groups is 2. The number of morpholine rings is 1. The first-order valence-electron chi connectivity index (χ1n) is 11.2. The van der Waals surface area contributed by atoms with Crippen LogP contribution >= 0.6 is 0 Å². The van der Waals surface area contributed by atoms with E-state index in [0.717, 1.165) is 69.9 Å². The minimum absolute atomic E-state index is 0.184. The van der Waals surface area contributed by atoms with Crippen LogP contribution in [0.5, 0.6) is 0 Å². The molecular formula is C23H28N6O3. The van der Waals surface area contributed by atoms with E-state index >= 15 is 0 Å². The molecule has 4 heterocycles. The number of hydrogen-bond donors (Lipinski definition) is 0. The number of fused-ring (bicyclic) bond motifs is 1. The summed E-state index contributed by atoms with van der Waals surface area (Å²) in [6.07, 6.45) is 0. The van der Waals surface area contributed by atoms with E-state index in [0.29, 0.717) is 24.2 Å². The number of nitrogens with zero attached hydrogens (tertiary/aromatic N) is 6. The number of amides is 2. The predicted octanol–water partition coefficient (Wildman–Crippen LogP) is 1.04. The molecule has 0 aliphatic carbocycles. The second-order valence-corrected chi connectivity index (χ2v) is 8.37. The Hall–Kier alpha value is -3.04. The van der Waals surface area contributed by atoms with Gasteiger partial charge in [0.05, 0.1) is 24.3 Å². The molecule has 3 aliphatic rings. The lowest BCUT2D eigenvalue weighted by Gasteiger charge is -2.36. The number of piperazine rings is 1. The number of carbonyl (C=O) groups excluding carboxylic acids is 2. The minimum Gasteiger partial charge on any atom is -0.378 e.